The van der Waals surface area contributed by atoms with Gasteiger partial charge < -0.3 is 4.74 Å². The molecule has 1 heterocycles. The van der Waals surface area contributed by atoms with Crippen LogP contribution < -0.4 is 4.74 Å². The molecular weight excluding hydrogens is 432 g/mol. The summed E-state index contributed by atoms with van der Waals surface area (Å²) in [5.41, 5.74) is -1.63. The highest BCUT2D eigenvalue weighted by atomic mass is 19.4. The van der Waals surface area contributed by atoms with Gasteiger partial charge in [0.2, 0.25) is 0 Å². The van der Waals surface area contributed by atoms with Crippen LogP contribution in [0.4, 0.5) is 26.3 Å². The van der Waals surface area contributed by atoms with E-state index >= 15 is 0 Å². The van der Waals surface area contributed by atoms with Crippen LogP contribution in [0, 0.1) is 5.92 Å². The minimum absolute atomic E-state index is 0.0254. The van der Waals surface area contributed by atoms with Gasteiger partial charge in [-0.2, -0.15) is 26.3 Å². The smallest absolute Gasteiger partial charge is 0.416 e. The molecule has 1 atom stereocenters. The molecule has 0 N–H and O–H groups in total. The molecule has 0 aromatic heterocycles. The number of aryl methyl sites for hydroxylation is 1. The average molecular weight is 459 g/mol. The second-order valence-electron chi connectivity index (χ2n) is 8.43. The number of benzene rings is 2. The lowest BCUT2D eigenvalue weighted by Gasteiger charge is -2.37. The predicted molar refractivity (Wildman–Crippen MR) is 110 cm³/mol. The lowest BCUT2D eigenvalue weighted by Crippen LogP contribution is -2.36. The van der Waals surface area contributed by atoms with Crippen LogP contribution in [0.3, 0.4) is 0 Å². The average Bonchev–Trinajstić information content (AvgIpc) is 2.74. The maximum Gasteiger partial charge on any atom is 0.416 e. The maximum absolute atomic E-state index is 13.2. The highest BCUT2D eigenvalue weighted by molar-refractivity contribution is 5.37. The number of nitrogens with zero attached hydrogens (tertiary/aromatic N) is 1. The van der Waals surface area contributed by atoms with Crippen molar-refractivity contribution in [1.82, 2.24) is 4.90 Å². The molecule has 3 rings (SSSR count). The van der Waals surface area contributed by atoms with Crippen LogP contribution in [0.5, 0.6) is 5.75 Å². The van der Waals surface area contributed by atoms with Gasteiger partial charge in [0.25, 0.3) is 0 Å². The van der Waals surface area contributed by atoms with Crippen LogP contribution in [0.1, 0.15) is 54.5 Å². The number of alkyl halides is 6. The van der Waals surface area contributed by atoms with Crippen molar-refractivity contribution in [2.75, 3.05) is 20.2 Å². The molecular formula is C24H27F6NO. The van der Waals surface area contributed by atoms with E-state index in [1.807, 2.05) is 24.3 Å². The van der Waals surface area contributed by atoms with E-state index in [0.29, 0.717) is 18.1 Å². The maximum atomic E-state index is 13.2. The van der Waals surface area contributed by atoms with Crippen molar-refractivity contribution in [2.45, 2.75) is 51.0 Å². The van der Waals surface area contributed by atoms with E-state index in [-0.39, 0.29) is 24.1 Å². The molecule has 1 aliphatic heterocycles. The Morgan fingerprint density at radius 1 is 0.938 bits per heavy atom. The van der Waals surface area contributed by atoms with E-state index < -0.39 is 23.5 Å². The van der Waals surface area contributed by atoms with Gasteiger partial charge in [-0.05, 0) is 74.5 Å². The van der Waals surface area contributed by atoms with Crippen molar-refractivity contribution in [3.05, 3.63) is 64.7 Å². The first-order valence-electron chi connectivity index (χ1n) is 10.6. The number of piperidine rings is 1. The molecule has 0 radical (unpaired) electrons. The summed E-state index contributed by atoms with van der Waals surface area (Å²) >= 11 is 0. The van der Waals surface area contributed by atoms with E-state index in [4.69, 9.17) is 4.74 Å². The summed E-state index contributed by atoms with van der Waals surface area (Å²) in [6.45, 7) is 3.82. The summed E-state index contributed by atoms with van der Waals surface area (Å²) in [5, 5.41) is 0. The first kappa shape index (κ1) is 24.4. The number of hydrogen-bond acceptors (Lipinski definition) is 2. The van der Waals surface area contributed by atoms with E-state index in [2.05, 4.69) is 11.8 Å². The molecule has 1 fully saturated rings. The van der Waals surface area contributed by atoms with Gasteiger partial charge in [-0.1, -0.05) is 25.1 Å². The molecule has 0 spiro atoms. The van der Waals surface area contributed by atoms with Crippen molar-refractivity contribution >= 4 is 0 Å². The van der Waals surface area contributed by atoms with Crippen LogP contribution in [-0.4, -0.2) is 25.1 Å². The Kier molecular flexibility index (Phi) is 7.43. The summed E-state index contributed by atoms with van der Waals surface area (Å²) in [6.07, 6.45) is -7.24. The Bertz CT molecular complexity index is 868. The van der Waals surface area contributed by atoms with E-state index in [1.165, 1.54) is 0 Å². The third-order valence-corrected chi connectivity index (χ3v) is 6.11. The van der Waals surface area contributed by atoms with Crippen molar-refractivity contribution in [1.29, 1.82) is 0 Å². The number of likely N-dealkylation sites (tertiary alicyclic amines) is 1. The molecule has 8 heteroatoms. The molecule has 32 heavy (non-hydrogen) atoms. The number of rotatable bonds is 6. The van der Waals surface area contributed by atoms with E-state index in [1.54, 1.807) is 7.11 Å². The Morgan fingerprint density at radius 3 is 2.03 bits per heavy atom. The number of hydrogen-bond donors (Lipinski definition) is 0. The molecule has 2 aromatic carbocycles. The van der Waals surface area contributed by atoms with Crippen molar-refractivity contribution in [3.63, 3.8) is 0 Å². The Labute approximate surface area is 184 Å². The Morgan fingerprint density at radius 2 is 1.50 bits per heavy atom. The summed E-state index contributed by atoms with van der Waals surface area (Å²) in [7, 11) is 1.55. The SMILES string of the molecule is COc1ccccc1C(CCc1cc(C(F)(F)F)cc(C(F)(F)F)c1)N1CCC(C)CC1. The van der Waals surface area contributed by atoms with Crippen LogP contribution >= 0.6 is 0 Å². The van der Waals surface area contributed by atoms with Gasteiger partial charge in [0.1, 0.15) is 5.75 Å². The number of para-hydroxylation sites is 1. The van der Waals surface area contributed by atoms with Gasteiger partial charge in [0.15, 0.2) is 0 Å². The third kappa shape index (κ3) is 5.97. The van der Waals surface area contributed by atoms with E-state index in [0.717, 1.165) is 43.6 Å². The number of ether oxygens (including phenoxy) is 1. The fraction of sp³-hybridized carbons (Fsp3) is 0.500. The monoisotopic (exact) mass is 459 g/mol. The molecule has 2 nitrogen and oxygen atoms in total. The van der Waals surface area contributed by atoms with E-state index in [9.17, 15) is 26.3 Å². The Hall–Kier alpha value is -2.22. The minimum Gasteiger partial charge on any atom is -0.496 e. The predicted octanol–water partition coefficient (Wildman–Crippen LogP) is 7.14. The quantitative estimate of drug-likeness (QED) is 0.426. The molecule has 0 amide bonds. The van der Waals surface area contributed by atoms with Gasteiger partial charge in [-0.25, -0.2) is 0 Å². The van der Waals surface area contributed by atoms with Gasteiger partial charge in [-0.15, -0.1) is 0 Å². The first-order chi connectivity index (χ1) is 15.0. The molecule has 1 unspecified atom stereocenters. The topological polar surface area (TPSA) is 12.5 Å². The summed E-state index contributed by atoms with van der Waals surface area (Å²) in [5.74, 6) is 1.25. The van der Waals surface area contributed by atoms with Crippen LogP contribution in [0.2, 0.25) is 0 Å². The van der Waals surface area contributed by atoms with Gasteiger partial charge in [0.05, 0.1) is 18.2 Å². The zero-order valence-electron chi connectivity index (χ0n) is 18.1. The summed E-state index contributed by atoms with van der Waals surface area (Å²) < 4.78 is 84.9. The molecule has 176 valence electrons. The minimum atomic E-state index is -4.85. The third-order valence-electron chi connectivity index (χ3n) is 6.11. The largest absolute Gasteiger partial charge is 0.496 e. The summed E-state index contributed by atoms with van der Waals surface area (Å²) in [6, 6.07) is 9.09. The molecule has 0 aliphatic carbocycles. The number of halogens is 6. The molecule has 0 bridgehead atoms. The number of methoxy groups -OCH3 is 1. The second-order valence-corrected chi connectivity index (χ2v) is 8.43. The molecule has 1 saturated heterocycles. The zero-order chi connectivity index (χ0) is 23.5. The molecule has 0 saturated carbocycles. The highest BCUT2D eigenvalue weighted by Gasteiger charge is 2.37. The molecule has 1 aliphatic rings. The zero-order valence-corrected chi connectivity index (χ0v) is 18.1. The fourth-order valence-electron chi connectivity index (χ4n) is 4.28. The van der Waals surface area contributed by atoms with Crippen molar-refractivity contribution in [2.24, 2.45) is 5.92 Å². The second kappa shape index (κ2) is 9.73. The lowest BCUT2D eigenvalue weighted by molar-refractivity contribution is -0.143. The van der Waals surface area contributed by atoms with Gasteiger partial charge >= 0.3 is 12.4 Å². The fourth-order valence-corrected chi connectivity index (χ4v) is 4.28. The summed E-state index contributed by atoms with van der Waals surface area (Å²) in [4.78, 5) is 2.26. The lowest BCUT2D eigenvalue weighted by atomic mass is 9.91. The van der Waals surface area contributed by atoms with Crippen LogP contribution in [0.15, 0.2) is 42.5 Å². The normalized spacial score (nSPS) is 17.4. The standard InChI is InChI=1S/C24H27F6NO/c1-16-9-11-31(12-10-16)21(20-5-3-4-6-22(20)32-2)8-7-17-13-18(23(25,26)27)15-19(14-17)24(28,29)30/h3-6,13-16,21H,7-12H2,1-2H3. The van der Waals surface area contributed by atoms with Gasteiger partial charge in [0, 0.05) is 11.6 Å². The molecule has 2 aromatic rings. The van der Waals surface area contributed by atoms with Crippen LogP contribution in [-0.2, 0) is 18.8 Å². The van der Waals surface area contributed by atoms with Crippen molar-refractivity contribution < 1.29 is 31.1 Å². The highest BCUT2D eigenvalue weighted by Crippen LogP contribution is 2.38. The Balaban J connectivity index is 1.92. The first-order valence-corrected chi connectivity index (χ1v) is 10.6. The van der Waals surface area contributed by atoms with Gasteiger partial charge in [-0.3, -0.25) is 4.90 Å². The van der Waals surface area contributed by atoms with Crippen molar-refractivity contribution in [3.8, 4) is 5.75 Å². The van der Waals surface area contributed by atoms with Crippen LogP contribution in [0.25, 0.3) is 0 Å².